The molecule has 0 amide bonds. The maximum absolute atomic E-state index is 13.5. The van der Waals surface area contributed by atoms with Gasteiger partial charge in [0.05, 0.1) is 0 Å². The fourth-order valence-corrected chi connectivity index (χ4v) is 2.30. The van der Waals surface area contributed by atoms with Crippen molar-refractivity contribution in [2.75, 3.05) is 0 Å². The number of benzene rings is 2. The van der Waals surface area contributed by atoms with E-state index < -0.39 is 11.6 Å². The maximum Gasteiger partial charge on any atom is 0.129 e. The van der Waals surface area contributed by atoms with Gasteiger partial charge in [-0.2, -0.15) is 0 Å². The van der Waals surface area contributed by atoms with E-state index in [1.54, 1.807) is 0 Å². The Kier molecular flexibility index (Phi) is 3.89. The van der Waals surface area contributed by atoms with Crippen molar-refractivity contribution < 1.29 is 8.78 Å². The van der Waals surface area contributed by atoms with Gasteiger partial charge in [0, 0.05) is 17.3 Å². The first-order valence-corrected chi connectivity index (χ1v) is 6.40. The van der Waals surface area contributed by atoms with Gasteiger partial charge in [0.1, 0.15) is 11.6 Å². The van der Waals surface area contributed by atoms with Crippen molar-refractivity contribution in [1.29, 1.82) is 0 Å². The van der Waals surface area contributed by atoms with Crippen LogP contribution in [0, 0.1) is 11.6 Å². The second kappa shape index (κ2) is 5.41. The highest BCUT2D eigenvalue weighted by Gasteiger charge is 2.10. The summed E-state index contributed by atoms with van der Waals surface area (Å²) >= 11 is 3.37. The van der Waals surface area contributed by atoms with Crippen LogP contribution in [-0.2, 0) is 11.8 Å². The minimum atomic E-state index is -0.491. The number of hydrogen-bond donors (Lipinski definition) is 0. The van der Waals surface area contributed by atoms with Crippen LogP contribution in [0.25, 0.3) is 0 Å². The van der Waals surface area contributed by atoms with Crippen LogP contribution in [0.3, 0.4) is 0 Å². The Labute approximate surface area is 107 Å². The van der Waals surface area contributed by atoms with Gasteiger partial charge in [-0.1, -0.05) is 46.3 Å². The summed E-state index contributed by atoms with van der Waals surface area (Å²) in [5, 5.41) is 0.680. The second-order valence-corrected chi connectivity index (χ2v) is 4.34. The van der Waals surface area contributed by atoms with Gasteiger partial charge < -0.3 is 0 Å². The average Bonchev–Trinajstić information content (AvgIpc) is 2.34. The number of halogens is 3. The number of rotatable bonds is 3. The molecule has 0 nitrogen and oxygen atoms in total. The highest BCUT2D eigenvalue weighted by Crippen LogP contribution is 2.20. The van der Waals surface area contributed by atoms with E-state index in [-0.39, 0.29) is 12.0 Å². The summed E-state index contributed by atoms with van der Waals surface area (Å²) in [6.45, 7) is 0. The van der Waals surface area contributed by atoms with Crippen LogP contribution in [0.5, 0.6) is 0 Å². The van der Waals surface area contributed by atoms with Crippen LogP contribution < -0.4 is 0 Å². The van der Waals surface area contributed by atoms with Crippen LogP contribution >= 0.6 is 15.9 Å². The number of alkyl halides is 1. The molecule has 0 N–H and O–H groups in total. The van der Waals surface area contributed by atoms with Crippen LogP contribution in [-0.4, -0.2) is 0 Å². The molecule has 0 aliphatic carbocycles. The van der Waals surface area contributed by atoms with Crippen LogP contribution in [0.1, 0.15) is 16.7 Å². The molecule has 88 valence electrons. The Morgan fingerprint density at radius 1 is 0.824 bits per heavy atom. The summed E-state index contributed by atoms with van der Waals surface area (Å²) in [4.78, 5) is 0. The first kappa shape index (κ1) is 12.2. The van der Waals surface area contributed by atoms with Crippen molar-refractivity contribution in [3.63, 3.8) is 0 Å². The van der Waals surface area contributed by atoms with E-state index in [0.717, 1.165) is 11.1 Å². The zero-order valence-electron chi connectivity index (χ0n) is 9.09. The Morgan fingerprint density at radius 2 is 1.41 bits per heavy atom. The normalized spacial score (nSPS) is 10.5. The molecule has 3 heteroatoms. The highest BCUT2D eigenvalue weighted by atomic mass is 79.9. The molecular formula is C14H11BrF2. The second-order valence-electron chi connectivity index (χ2n) is 3.78. The molecule has 2 aromatic carbocycles. The molecule has 0 aliphatic heterocycles. The molecule has 0 aromatic heterocycles. The molecule has 0 fully saturated rings. The lowest BCUT2D eigenvalue weighted by molar-refractivity contribution is 0.561. The summed E-state index contributed by atoms with van der Waals surface area (Å²) in [6, 6.07) is 11.6. The molecule has 0 radical (unpaired) electrons. The van der Waals surface area contributed by atoms with Crippen molar-refractivity contribution in [2.24, 2.45) is 0 Å². The molecule has 0 saturated heterocycles. The summed E-state index contributed by atoms with van der Waals surface area (Å²) in [5.41, 5.74) is 2.12. The van der Waals surface area contributed by atoms with E-state index in [1.165, 1.54) is 18.2 Å². The summed E-state index contributed by atoms with van der Waals surface area (Å²) in [7, 11) is 0. The summed E-state index contributed by atoms with van der Waals surface area (Å²) in [6.07, 6.45) is 0.278. The van der Waals surface area contributed by atoms with E-state index >= 15 is 0 Å². The van der Waals surface area contributed by atoms with Crippen LogP contribution in [0.2, 0.25) is 0 Å². The topological polar surface area (TPSA) is 0 Å². The molecule has 0 atom stereocenters. The lowest BCUT2D eigenvalue weighted by atomic mass is 10.00. The third kappa shape index (κ3) is 2.72. The van der Waals surface area contributed by atoms with Gasteiger partial charge in [-0.25, -0.2) is 8.78 Å². The summed E-state index contributed by atoms with van der Waals surface area (Å²) in [5.74, 6) is -0.983. The fourth-order valence-electron chi connectivity index (χ4n) is 1.75. The van der Waals surface area contributed by atoms with Crippen molar-refractivity contribution in [3.05, 3.63) is 70.8 Å². The minimum absolute atomic E-state index is 0.126. The molecule has 0 spiro atoms. The van der Waals surface area contributed by atoms with Gasteiger partial charge in [-0.15, -0.1) is 0 Å². The monoisotopic (exact) mass is 296 g/mol. The lowest BCUT2D eigenvalue weighted by Crippen LogP contribution is -1.99. The minimum Gasteiger partial charge on any atom is -0.207 e. The molecule has 2 aromatic rings. The van der Waals surface area contributed by atoms with Gasteiger partial charge in [-0.05, 0) is 23.3 Å². The largest absolute Gasteiger partial charge is 0.207 e. The lowest BCUT2D eigenvalue weighted by Gasteiger charge is -2.08. The third-order valence-electron chi connectivity index (χ3n) is 2.69. The Morgan fingerprint density at radius 3 is 2.00 bits per heavy atom. The van der Waals surface area contributed by atoms with Crippen molar-refractivity contribution >= 4 is 15.9 Å². The van der Waals surface area contributed by atoms with Crippen molar-refractivity contribution in [3.8, 4) is 0 Å². The van der Waals surface area contributed by atoms with E-state index in [2.05, 4.69) is 15.9 Å². The molecule has 2 rings (SSSR count). The van der Waals surface area contributed by atoms with Crippen LogP contribution in [0.4, 0.5) is 8.78 Å². The molecule has 0 bridgehead atoms. The summed E-state index contributed by atoms with van der Waals surface area (Å²) < 4.78 is 27.0. The van der Waals surface area contributed by atoms with E-state index in [4.69, 9.17) is 0 Å². The molecule has 0 unspecified atom stereocenters. The van der Waals surface area contributed by atoms with E-state index in [9.17, 15) is 8.78 Å². The van der Waals surface area contributed by atoms with Gasteiger partial charge in [-0.3, -0.25) is 0 Å². The Hall–Kier alpha value is -1.22. The predicted octanol–water partition coefficient (Wildman–Crippen LogP) is 4.45. The maximum atomic E-state index is 13.5. The average molecular weight is 297 g/mol. The first-order chi connectivity index (χ1) is 8.22. The van der Waals surface area contributed by atoms with Crippen molar-refractivity contribution in [1.82, 2.24) is 0 Å². The molecule has 17 heavy (non-hydrogen) atoms. The van der Waals surface area contributed by atoms with Gasteiger partial charge in [0.15, 0.2) is 0 Å². The Bertz CT molecular complexity index is 503. The standard InChI is InChI=1S/C14H11BrF2/c15-9-11-5-2-1-4-10(11)8-12-13(16)6-3-7-14(12)17/h1-7H,8-9H2. The zero-order chi connectivity index (χ0) is 12.3. The van der Waals surface area contributed by atoms with Gasteiger partial charge >= 0.3 is 0 Å². The quantitative estimate of drug-likeness (QED) is 0.734. The zero-order valence-corrected chi connectivity index (χ0v) is 10.7. The number of hydrogen-bond acceptors (Lipinski definition) is 0. The van der Waals surface area contributed by atoms with E-state index in [1.807, 2.05) is 24.3 Å². The Balaban J connectivity index is 2.38. The van der Waals surface area contributed by atoms with E-state index in [0.29, 0.717) is 5.33 Å². The molecule has 0 heterocycles. The molecular weight excluding hydrogens is 286 g/mol. The molecule has 0 aliphatic rings. The molecule has 0 saturated carbocycles. The third-order valence-corrected chi connectivity index (χ3v) is 3.30. The fraction of sp³-hybridized carbons (Fsp3) is 0.143. The SMILES string of the molecule is Fc1cccc(F)c1Cc1ccccc1CBr. The van der Waals surface area contributed by atoms with Gasteiger partial charge in [0.25, 0.3) is 0 Å². The van der Waals surface area contributed by atoms with Gasteiger partial charge in [0.2, 0.25) is 0 Å². The predicted molar refractivity (Wildman–Crippen MR) is 68.2 cm³/mol. The highest BCUT2D eigenvalue weighted by molar-refractivity contribution is 9.08. The smallest absolute Gasteiger partial charge is 0.129 e. The first-order valence-electron chi connectivity index (χ1n) is 5.28. The van der Waals surface area contributed by atoms with Crippen LogP contribution in [0.15, 0.2) is 42.5 Å². The van der Waals surface area contributed by atoms with Crippen molar-refractivity contribution in [2.45, 2.75) is 11.8 Å².